The smallest absolute Gasteiger partial charge is 0.280 e. The van der Waals surface area contributed by atoms with Gasteiger partial charge >= 0.3 is 0 Å². The predicted molar refractivity (Wildman–Crippen MR) is 113 cm³/mol. The number of hydrogen-bond donors (Lipinski definition) is 0. The molecule has 2 aliphatic heterocycles. The highest BCUT2D eigenvalue weighted by Gasteiger charge is 2.46. The number of anilines is 1. The van der Waals surface area contributed by atoms with Gasteiger partial charge in [0.1, 0.15) is 5.69 Å². The molecule has 1 atom stereocenters. The number of hydrogen-bond acceptors (Lipinski definition) is 4. The molecule has 9 heteroatoms. The van der Waals surface area contributed by atoms with E-state index in [2.05, 4.69) is 10.1 Å². The van der Waals surface area contributed by atoms with Crippen LogP contribution in [0.1, 0.15) is 62.4 Å². The van der Waals surface area contributed by atoms with E-state index >= 15 is 0 Å². The minimum absolute atomic E-state index is 0.0296. The summed E-state index contributed by atoms with van der Waals surface area (Å²) in [4.78, 5) is 33.3. The molecule has 2 aromatic heterocycles. The van der Waals surface area contributed by atoms with E-state index in [9.17, 15) is 18.4 Å². The van der Waals surface area contributed by atoms with Gasteiger partial charge in [0.2, 0.25) is 11.8 Å². The van der Waals surface area contributed by atoms with Gasteiger partial charge in [0.25, 0.3) is 6.43 Å². The second kappa shape index (κ2) is 7.94. The van der Waals surface area contributed by atoms with Crippen LogP contribution < -0.4 is 4.90 Å². The molecule has 32 heavy (non-hydrogen) atoms. The normalized spacial score (nSPS) is 22.2. The fourth-order valence-electron chi connectivity index (χ4n) is 5.52. The van der Waals surface area contributed by atoms with Crippen molar-refractivity contribution in [2.75, 3.05) is 11.4 Å². The highest BCUT2D eigenvalue weighted by Crippen LogP contribution is 2.47. The molecule has 5 rings (SSSR count). The number of nitrogens with zero attached hydrogens (tertiary/aromatic N) is 5. The highest BCUT2D eigenvalue weighted by atomic mass is 19.3. The fourth-order valence-corrected chi connectivity index (χ4v) is 5.52. The third-order valence-electron chi connectivity index (χ3n) is 7.24. The van der Waals surface area contributed by atoms with Crippen molar-refractivity contribution in [3.63, 3.8) is 0 Å². The van der Waals surface area contributed by atoms with E-state index in [1.165, 1.54) is 25.1 Å². The van der Waals surface area contributed by atoms with E-state index in [-0.39, 0.29) is 35.4 Å². The number of amides is 2. The summed E-state index contributed by atoms with van der Waals surface area (Å²) in [5.74, 6) is -0.00200. The van der Waals surface area contributed by atoms with Crippen molar-refractivity contribution < 1.29 is 18.4 Å². The van der Waals surface area contributed by atoms with Crippen LogP contribution in [0.4, 0.5) is 14.5 Å². The molecule has 170 valence electrons. The maximum absolute atomic E-state index is 13.1. The summed E-state index contributed by atoms with van der Waals surface area (Å²) in [7, 11) is 0. The summed E-state index contributed by atoms with van der Waals surface area (Å²) in [5.41, 5.74) is 1.95. The Bertz CT molecular complexity index is 1050. The Labute approximate surface area is 185 Å². The van der Waals surface area contributed by atoms with Gasteiger partial charge in [-0.05, 0) is 42.9 Å². The Morgan fingerprint density at radius 2 is 2.09 bits per heavy atom. The van der Waals surface area contributed by atoms with Crippen molar-refractivity contribution in [3.8, 4) is 0 Å². The molecule has 2 fully saturated rings. The minimum Gasteiger partial charge on any atom is -0.332 e. The van der Waals surface area contributed by atoms with E-state index < -0.39 is 6.43 Å². The summed E-state index contributed by atoms with van der Waals surface area (Å²) in [6.45, 7) is 3.56. The molecule has 0 aromatic carbocycles. The molecule has 1 aliphatic carbocycles. The largest absolute Gasteiger partial charge is 0.332 e. The summed E-state index contributed by atoms with van der Waals surface area (Å²) in [6, 6.07) is 2.80. The first-order chi connectivity index (χ1) is 15.3. The van der Waals surface area contributed by atoms with E-state index in [0.29, 0.717) is 25.1 Å². The number of fused-ring (bicyclic) bond motifs is 1. The molecule has 4 heterocycles. The molecule has 1 saturated carbocycles. The lowest BCUT2D eigenvalue weighted by Crippen LogP contribution is -2.46. The zero-order valence-corrected chi connectivity index (χ0v) is 18.1. The van der Waals surface area contributed by atoms with Gasteiger partial charge in [-0.3, -0.25) is 19.3 Å². The monoisotopic (exact) mass is 443 g/mol. The Balaban J connectivity index is 1.35. The molecule has 1 saturated heterocycles. The molecule has 0 N–H and O–H groups in total. The second-order valence-corrected chi connectivity index (χ2v) is 9.46. The van der Waals surface area contributed by atoms with Crippen molar-refractivity contribution in [2.24, 2.45) is 5.41 Å². The molecule has 0 radical (unpaired) electrons. The average molecular weight is 443 g/mol. The summed E-state index contributed by atoms with van der Waals surface area (Å²) in [6.07, 6.45) is 5.54. The van der Waals surface area contributed by atoms with Crippen LogP contribution in [-0.2, 0) is 29.1 Å². The van der Waals surface area contributed by atoms with Crippen molar-refractivity contribution in [1.82, 2.24) is 19.7 Å². The van der Waals surface area contributed by atoms with E-state index in [1.54, 1.807) is 17.2 Å². The number of pyridine rings is 1. The van der Waals surface area contributed by atoms with Crippen molar-refractivity contribution >= 4 is 17.5 Å². The van der Waals surface area contributed by atoms with Crippen LogP contribution >= 0.6 is 0 Å². The first-order valence-corrected chi connectivity index (χ1v) is 11.2. The summed E-state index contributed by atoms with van der Waals surface area (Å²) >= 11 is 0. The van der Waals surface area contributed by atoms with Gasteiger partial charge < -0.3 is 9.80 Å². The maximum atomic E-state index is 13.1. The Kier molecular flexibility index (Phi) is 5.22. The number of rotatable bonds is 4. The average Bonchev–Trinajstić information content (AvgIpc) is 3.46. The zero-order valence-electron chi connectivity index (χ0n) is 18.1. The lowest BCUT2D eigenvalue weighted by molar-refractivity contribution is -0.134. The van der Waals surface area contributed by atoms with Gasteiger partial charge in [0.05, 0.1) is 37.1 Å². The number of alkyl halides is 2. The molecule has 0 unspecified atom stereocenters. The van der Waals surface area contributed by atoms with Gasteiger partial charge in [0, 0.05) is 25.2 Å². The van der Waals surface area contributed by atoms with Crippen LogP contribution in [0, 0.1) is 5.41 Å². The standard InChI is InChI=1S/C23H27F2N5O2/c1-15-12-30-19(13-28(15)20(31)9-16-4-7-26-17(8-16)22(24)25)18(11-27-30)29-14-23(10-21(29)32)5-2-3-6-23/h4,7-8,11,15,22H,2-3,5-6,9-10,12-14H2,1H3/t15-/m0/s1. The Morgan fingerprint density at radius 1 is 1.31 bits per heavy atom. The van der Waals surface area contributed by atoms with Gasteiger partial charge in [-0.2, -0.15) is 5.10 Å². The SMILES string of the molecule is C[C@H]1Cn2ncc(N3CC4(CCCC4)CC3=O)c2CN1C(=O)Cc1ccnc(C(F)F)c1. The summed E-state index contributed by atoms with van der Waals surface area (Å²) in [5, 5.41) is 4.50. The highest BCUT2D eigenvalue weighted by molar-refractivity contribution is 5.97. The molecule has 2 amide bonds. The summed E-state index contributed by atoms with van der Waals surface area (Å²) < 4.78 is 27.8. The topological polar surface area (TPSA) is 71.3 Å². The van der Waals surface area contributed by atoms with Gasteiger partial charge in [-0.25, -0.2) is 8.78 Å². The lowest BCUT2D eigenvalue weighted by Gasteiger charge is -2.35. The molecule has 7 nitrogen and oxygen atoms in total. The third kappa shape index (κ3) is 3.67. The maximum Gasteiger partial charge on any atom is 0.280 e. The van der Waals surface area contributed by atoms with Crippen LogP contribution in [0.3, 0.4) is 0 Å². The predicted octanol–water partition coefficient (Wildman–Crippen LogP) is 3.49. The number of carbonyl (C=O) groups excluding carboxylic acids is 2. The van der Waals surface area contributed by atoms with E-state index in [1.807, 2.05) is 16.5 Å². The second-order valence-electron chi connectivity index (χ2n) is 9.46. The fraction of sp³-hybridized carbons (Fsp3) is 0.565. The third-order valence-corrected chi connectivity index (χ3v) is 7.24. The number of aromatic nitrogens is 3. The molecule has 0 bridgehead atoms. The minimum atomic E-state index is -2.67. The number of halogens is 2. The molecular weight excluding hydrogens is 416 g/mol. The van der Waals surface area contributed by atoms with Crippen LogP contribution in [0.2, 0.25) is 0 Å². The quantitative estimate of drug-likeness (QED) is 0.725. The first-order valence-electron chi connectivity index (χ1n) is 11.2. The molecule has 1 spiro atoms. The van der Waals surface area contributed by atoms with Crippen LogP contribution in [-0.4, -0.2) is 44.1 Å². The first kappa shape index (κ1) is 21.0. The zero-order chi connectivity index (χ0) is 22.5. The van der Waals surface area contributed by atoms with Gasteiger partial charge in [0.15, 0.2) is 0 Å². The van der Waals surface area contributed by atoms with Crippen molar-refractivity contribution in [2.45, 2.75) is 71.0 Å². The number of carbonyl (C=O) groups is 2. The van der Waals surface area contributed by atoms with Crippen molar-refractivity contribution in [3.05, 3.63) is 41.5 Å². The molecule has 2 aromatic rings. The van der Waals surface area contributed by atoms with Crippen LogP contribution in [0.25, 0.3) is 0 Å². The van der Waals surface area contributed by atoms with E-state index in [0.717, 1.165) is 30.8 Å². The van der Waals surface area contributed by atoms with Crippen LogP contribution in [0.5, 0.6) is 0 Å². The van der Waals surface area contributed by atoms with Crippen LogP contribution in [0.15, 0.2) is 24.5 Å². The van der Waals surface area contributed by atoms with Crippen molar-refractivity contribution in [1.29, 1.82) is 0 Å². The molecular formula is C23H27F2N5O2. The van der Waals surface area contributed by atoms with Gasteiger partial charge in [-0.15, -0.1) is 0 Å². The van der Waals surface area contributed by atoms with Gasteiger partial charge in [-0.1, -0.05) is 12.8 Å². The lowest BCUT2D eigenvalue weighted by atomic mass is 9.85. The molecule has 3 aliphatic rings. The Morgan fingerprint density at radius 3 is 2.84 bits per heavy atom. The Hall–Kier alpha value is -2.84. The van der Waals surface area contributed by atoms with E-state index in [4.69, 9.17) is 0 Å².